The zero-order valence-electron chi connectivity index (χ0n) is 19.6. The van der Waals surface area contributed by atoms with Crippen LogP contribution in [-0.2, 0) is 11.2 Å². The summed E-state index contributed by atoms with van der Waals surface area (Å²) in [5.74, 6) is 2.52. The maximum atomic E-state index is 14.0. The molecule has 2 fully saturated rings. The number of ether oxygens (including phenoxy) is 1. The number of unbranched alkanes of at least 4 members (excludes halogenated alkanes) is 1. The van der Waals surface area contributed by atoms with E-state index in [4.69, 9.17) is 14.7 Å². The molecule has 182 valence electrons. The van der Waals surface area contributed by atoms with Gasteiger partial charge in [-0.2, -0.15) is 0 Å². The fourth-order valence-corrected chi connectivity index (χ4v) is 5.27. The van der Waals surface area contributed by atoms with Crippen molar-refractivity contribution in [3.8, 4) is 5.82 Å². The van der Waals surface area contributed by atoms with E-state index in [9.17, 15) is 8.78 Å². The van der Waals surface area contributed by atoms with Crippen LogP contribution in [0.2, 0.25) is 0 Å². The molecule has 1 aliphatic heterocycles. The molecule has 1 saturated heterocycles. The largest absolute Gasteiger partial charge is 0.378 e. The summed E-state index contributed by atoms with van der Waals surface area (Å²) < 4.78 is 35.0. The predicted molar refractivity (Wildman–Crippen MR) is 129 cm³/mol. The molecule has 8 heteroatoms. The van der Waals surface area contributed by atoms with Gasteiger partial charge >= 0.3 is 0 Å². The third-order valence-corrected chi connectivity index (χ3v) is 7.08. The van der Waals surface area contributed by atoms with E-state index >= 15 is 0 Å². The summed E-state index contributed by atoms with van der Waals surface area (Å²) in [5.41, 5.74) is 1.17. The first kappa shape index (κ1) is 23.1. The zero-order chi connectivity index (χ0) is 23.3. The van der Waals surface area contributed by atoms with Gasteiger partial charge in [-0.3, -0.25) is 4.57 Å². The van der Waals surface area contributed by atoms with Crippen molar-refractivity contribution in [1.29, 1.82) is 0 Å². The third kappa shape index (κ3) is 5.22. The van der Waals surface area contributed by atoms with Gasteiger partial charge in [0, 0.05) is 25.6 Å². The maximum absolute atomic E-state index is 14.0. The number of hydrogen-bond donors (Lipinski definition) is 0. The van der Waals surface area contributed by atoms with Crippen LogP contribution in [0.4, 0.5) is 14.6 Å². The van der Waals surface area contributed by atoms with E-state index in [1.54, 1.807) is 6.07 Å². The van der Waals surface area contributed by atoms with Crippen molar-refractivity contribution in [3.63, 3.8) is 0 Å². The van der Waals surface area contributed by atoms with E-state index in [1.807, 2.05) is 24.3 Å². The Morgan fingerprint density at radius 2 is 1.71 bits per heavy atom. The van der Waals surface area contributed by atoms with Crippen molar-refractivity contribution in [2.24, 2.45) is 5.92 Å². The number of imidazole rings is 1. The molecule has 3 heterocycles. The zero-order valence-corrected chi connectivity index (χ0v) is 19.6. The molecule has 3 aromatic rings. The van der Waals surface area contributed by atoms with Gasteiger partial charge in [0.25, 0.3) is 6.43 Å². The molecule has 5 rings (SSSR count). The van der Waals surface area contributed by atoms with Crippen molar-refractivity contribution in [2.75, 3.05) is 31.2 Å². The first-order valence-corrected chi connectivity index (χ1v) is 12.7. The van der Waals surface area contributed by atoms with E-state index in [-0.39, 0.29) is 5.82 Å². The lowest BCUT2D eigenvalue weighted by Crippen LogP contribution is -2.37. The number of anilines is 1. The molecule has 0 bridgehead atoms. The van der Waals surface area contributed by atoms with Crippen LogP contribution >= 0.6 is 0 Å². The molecule has 0 unspecified atom stereocenters. The molecule has 2 aliphatic rings. The van der Waals surface area contributed by atoms with Crippen molar-refractivity contribution in [1.82, 2.24) is 19.5 Å². The molecule has 1 saturated carbocycles. The molecule has 0 atom stereocenters. The van der Waals surface area contributed by atoms with Crippen LogP contribution in [0.25, 0.3) is 16.9 Å². The third-order valence-electron chi connectivity index (χ3n) is 7.08. The SMILES string of the molecule is FC(F)c1nc2ccccc2n1-c1cc(N2CCOCC2)nc(CCCCC2CCCCC2)n1. The van der Waals surface area contributed by atoms with E-state index in [1.165, 1.54) is 43.1 Å². The number of benzene rings is 1. The maximum Gasteiger partial charge on any atom is 0.296 e. The molecule has 1 aliphatic carbocycles. The minimum atomic E-state index is -2.70. The number of rotatable bonds is 8. The number of hydrogen-bond acceptors (Lipinski definition) is 5. The second kappa shape index (κ2) is 10.8. The Labute approximate surface area is 199 Å². The van der Waals surface area contributed by atoms with Crippen LogP contribution in [0.5, 0.6) is 0 Å². The normalized spacial score (nSPS) is 17.7. The number of aryl methyl sites for hydroxylation is 1. The molecule has 6 nitrogen and oxygen atoms in total. The van der Waals surface area contributed by atoms with Gasteiger partial charge in [0.05, 0.1) is 24.2 Å². The highest BCUT2D eigenvalue weighted by Gasteiger charge is 2.23. The summed E-state index contributed by atoms with van der Waals surface area (Å²) in [4.78, 5) is 16.0. The molecule has 0 radical (unpaired) electrons. The summed E-state index contributed by atoms with van der Waals surface area (Å²) in [6.45, 7) is 2.71. The molecule has 0 amide bonds. The smallest absolute Gasteiger partial charge is 0.296 e. The highest BCUT2D eigenvalue weighted by molar-refractivity contribution is 5.78. The number of halogens is 2. The number of nitrogens with zero attached hydrogens (tertiary/aromatic N) is 5. The standard InChI is InChI=1S/C26H33F2N5O/c27-25(28)26-29-20-11-5-6-12-21(20)33(26)24-18-23(32-14-16-34-17-15-32)30-22(31-24)13-7-4-10-19-8-2-1-3-9-19/h5-6,11-12,18-19,25H,1-4,7-10,13-17H2. The Morgan fingerprint density at radius 1 is 0.941 bits per heavy atom. The van der Waals surface area contributed by atoms with Crippen molar-refractivity contribution in [2.45, 2.75) is 64.2 Å². The number of para-hydroxylation sites is 2. The van der Waals surface area contributed by atoms with Gasteiger partial charge in [-0.15, -0.1) is 0 Å². The van der Waals surface area contributed by atoms with Gasteiger partial charge in [0.2, 0.25) is 0 Å². The number of aromatic nitrogens is 4. The van der Waals surface area contributed by atoms with Crippen LogP contribution in [0, 0.1) is 5.92 Å². The second-order valence-corrected chi connectivity index (χ2v) is 9.44. The molecule has 34 heavy (non-hydrogen) atoms. The lowest BCUT2D eigenvalue weighted by atomic mass is 9.85. The fourth-order valence-electron chi connectivity index (χ4n) is 5.27. The highest BCUT2D eigenvalue weighted by atomic mass is 19.3. The van der Waals surface area contributed by atoms with E-state index < -0.39 is 6.43 Å². The Morgan fingerprint density at radius 3 is 2.50 bits per heavy atom. The molecule has 0 spiro atoms. The van der Waals surface area contributed by atoms with Crippen LogP contribution < -0.4 is 4.90 Å². The molecular formula is C26H33F2N5O. The van der Waals surface area contributed by atoms with Gasteiger partial charge in [-0.05, 0) is 24.5 Å². The van der Waals surface area contributed by atoms with Crippen LogP contribution in [0.1, 0.15) is 69.4 Å². The Hall–Kier alpha value is -2.61. The van der Waals surface area contributed by atoms with E-state index in [0.717, 1.165) is 44.1 Å². The minimum Gasteiger partial charge on any atom is -0.378 e. The van der Waals surface area contributed by atoms with Crippen molar-refractivity contribution in [3.05, 3.63) is 42.0 Å². The second-order valence-electron chi connectivity index (χ2n) is 9.44. The van der Waals surface area contributed by atoms with Gasteiger partial charge in [-0.25, -0.2) is 23.7 Å². The molecule has 1 aromatic carbocycles. The first-order chi connectivity index (χ1) is 16.7. The van der Waals surface area contributed by atoms with Crippen LogP contribution in [0.15, 0.2) is 30.3 Å². The molecule has 0 N–H and O–H groups in total. The first-order valence-electron chi connectivity index (χ1n) is 12.7. The van der Waals surface area contributed by atoms with Crippen molar-refractivity contribution >= 4 is 16.9 Å². The lowest BCUT2D eigenvalue weighted by Gasteiger charge is -2.28. The fraction of sp³-hybridized carbons (Fsp3) is 0.577. The lowest BCUT2D eigenvalue weighted by molar-refractivity contribution is 0.122. The molecular weight excluding hydrogens is 436 g/mol. The van der Waals surface area contributed by atoms with E-state index in [2.05, 4.69) is 9.88 Å². The summed E-state index contributed by atoms with van der Waals surface area (Å²) in [7, 11) is 0. The van der Waals surface area contributed by atoms with Crippen molar-refractivity contribution < 1.29 is 13.5 Å². The van der Waals surface area contributed by atoms with Crippen LogP contribution in [0.3, 0.4) is 0 Å². The number of morpholine rings is 1. The van der Waals surface area contributed by atoms with E-state index in [0.29, 0.717) is 35.9 Å². The Balaban J connectivity index is 1.43. The Kier molecular flexibility index (Phi) is 7.33. The predicted octanol–water partition coefficient (Wildman–Crippen LogP) is 5.88. The number of fused-ring (bicyclic) bond motifs is 1. The molecule has 2 aromatic heterocycles. The van der Waals surface area contributed by atoms with Gasteiger partial charge < -0.3 is 9.64 Å². The highest BCUT2D eigenvalue weighted by Crippen LogP contribution is 2.30. The minimum absolute atomic E-state index is 0.281. The summed E-state index contributed by atoms with van der Waals surface area (Å²) in [6.07, 6.45) is 8.30. The topological polar surface area (TPSA) is 56.1 Å². The van der Waals surface area contributed by atoms with Gasteiger partial charge in [-0.1, -0.05) is 57.1 Å². The summed E-state index contributed by atoms with van der Waals surface area (Å²) in [6, 6.07) is 9.04. The monoisotopic (exact) mass is 469 g/mol. The van der Waals surface area contributed by atoms with Crippen LogP contribution in [-0.4, -0.2) is 45.8 Å². The Bertz CT molecular complexity index is 1090. The van der Waals surface area contributed by atoms with Gasteiger partial charge in [0.15, 0.2) is 5.82 Å². The van der Waals surface area contributed by atoms with Gasteiger partial charge in [0.1, 0.15) is 17.5 Å². The average Bonchev–Trinajstić information content (AvgIpc) is 3.28. The quantitative estimate of drug-likeness (QED) is 0.386. The number of alkyl halides is 2. The average molecular weight is 470 g/mol. The summed E-state index contributed by atoms with van der Waals surface area (Å²) >= 11 is 0. The summed E-state index contributed by atoms with van der Waals surface area (Å²) in [5, 5.41) is 0.